The highest BCUT2D eigenvalue weighted by atomic mass is 19.1. The Hall–Kier alpha value is -4.28. The van der Waals surface area contributed by atoms with Crippen LogP contribution in [0.4, 0.5) is 10.3 Å². The van der Waals surface area contributed by atoms with E-state index in [-0.39, 0.29) is 6.04 Å². The second kappa shape index (κ2) is 8.82. The van der Waals surface area contributed by atoms with E-state index >= 15 is 4.39 Å². The molecule has 0 spiro atoms. The molecule has 5 aromatic rings. The smallest absolute Gasteiger partial charge is 0.225 e. The Labute approximate surface area is 200 Å². The lowest BCUT2D eigenvalue weighted by molar-refractivity contribution is 0.371. The summed E-state index contributed by atoms with van der Waals surface area (Å²) in [5, 5.41) is 16.5. The maximum Gasteiger partial charge on any atom is 0.225 e. The highest BCUT2D eigenvalue weighted by molar-refractivity contribution is 5.81. The van der Waals surface area contributed by atoms with Gasteiger partial charge in [0, 0.05) is 36.4 Å². The molecule has 5 heterocycles. The average molecular weight is 471 g/mol. The lowest BCUT2D eigenvalue weighted by Gasteiger charge is -2.32. The number of tetrazole rings is 1. The molecule has 0 bridgehead atoms. The lowest BCUT2D eigenvalue weighted by Crippen LogP contribution is -2.36. The van der Waals surface area contributed by atoms with Gasteiger partial charge in [0.25, 0.3) is 0 Å². The normalized spacial score (nSPS) is 14.6. The number of nitrogens with zero attached hydrogens (tertiary/aromatic N) is 10. The maximum absolute atomic E-state index is 15.1. The van der Waals surface area contributed by atoms with Crippen LogP contribution in [-0.4, -0.2) is 58.0 Å². The fourth-order valence-electron chi connectivity index (χ4n) is 4.50. The third-order valence-corrected chi connectivity index (χ3v) is 6.51. The number of fused-ring (bicyclic) bond motifs is 1. The van der Waals surface area contributed by atoms with Gasteiger partial charge in [0.15, 0.2) is 5.65 Å². The molecule has 0 unspecified atom stereocenters. The van der Waals surface area contributed by atoms with Gasteiger partial charge < -0.3 is 4.90 Å². The van der Waals surface area contributed by atoms with Crippen LogP contribution in [0.15, 0.2) is 55.2 Å². The molecule has 1 aliphatic rings. The van der Waals surface area contributed by atoms with Gasteiger partial charge in [-0.1, -0.05) is 19.1 Å². The molecule has 6 rings (SSSR count). The zero-order valence-electron chi connectivity index (χ0n) is 19.2. The summed E-state index contributed by atoms with van der Waals surface area (Å²) < 4.78 is 18.5. The van der Waals surface area contributed by atoms with Crippen molar-refractivity contribution in [3.8, 4) is 16.8 Å². The summed E-state index contributed by atoms with van der Waals surface area (Å²) in [6.45, 7) is 3.71. The fourth-order valence-corrected chi connectivity index (χ4v) is 4.50. The molecule has 10 nitrogen and oxygen atoms in total. The minimum Gasteiger partial charge on any atom is -0.341 e. The molecule has 0 amide bonds. The number of anilines is 1. The molecule has 11 heteroatoms. The van der Waals surface area contributed by atoms with Crippen molar-refractivity contribution in [2.75, 3.05) is 18.0 Å². The van der Waals surface area contributed by atoms with Crippen molar-refractivity contribution in [2.45, 2.75) is 32.2 Å². The summed E-state index contributed by atoms with van der Waals surface area (Å²) in [5.41, 5.74) is 3.65. The van der Waals surface area contributed by atoms with E-state index in [9.17, 15) is 0 Å². The Balaban J connectivity index is 1.21. The molecule has 0 radical (unpaired) electrons. The number of benzene rings is 1. The minimum atomic E-state index is -0.517. The Morgan fingerprint density at radius 1 is 1.03 bits per heavy atom. The topological polar surface area (TPSA) is 103 Å². The van der Waals surface area contributed by atoms with Crippen molar-refractivity contribution < 1.29 is 4.39 Å². The molecule has 0 aliphatic carbocycles. The van der Waals surface area contributed by atoms with Crippen molar-refractivity contribution in [1.82, 2.24) is 44.9 Å². The molecule has 0 N–H and O–H groups in total. The number of rotatable bonds is 5. The van der Waals surface area contributed by atoms with Gasteiger partial charge in [-0.2, -0.15) is 14.5 Å². The first kappa shape index (κ1) is 21.3. The van der Waals surface area contributed by atoms with Gasteiger partial charge in [-0.25, -0.2) is 19.3 Å². The molecule has 1 fully saturated rings. The number of piperidine rings is 1. The maximum atomic E-state index is 15.1. The van der Waals surface area contributed by atoms with Crippen molar-refractivity contribution in [3.63, 3.8) is 0 Å². The predicted octanol–water partition coefficient (Wildman–Crippen LogP) is 3.41. The van der Waals surface area contributed by atoms with Gasteiger partial charge in [-0.05, 0) is 59.0 Å². The third kappa shape index (κ3) is 3.98. The van der Waals surface area contributed by atoms with Gasteiger partial charge in [-0.3, -0.25) is 0 Å². The van der Waals surface area contributed by atoms with Crippen LogP contribution in [0.1, 0.15) is 31.4 Å². The average Bonchev–Trinajstić information content (AvgIpc) is 3.59. The van der Waals surface area contributed by atoms with E-state index in [2.05, 4.69) is 47.4 Å². The largest absolute Gasteiger partial charge is 0.341 e. The molecule has 0 atom stereocenters. The Bertz CT molecular complexity index is 1440. The first-order valence-electron chi connectivity index (χ1n) is 11.6. The van der Waals surface area contributed by atoms with Gasteiger partial charge in [-0.15, -0.1) is 5.10 Å². The van der Waals surface area contributed by atoms with Crippen LogP contribution in [-0.2, 0) is 6.42 Å². The number of aromatic nitrogens is 9. The monoisotopic (exact) mass is 470 g/mol. The summed E-state index contributed by atoms with van der Waals surface area (Å²) in [6.07, 6.45) is 9.69. The lowest BCUT2D eigenvalue weighted by atomic mass is 10.0. The van der Waals surface area contributed by atoms with Crippen molar-refractivity contribution >= 4 is 17.0 Å². The van der Waals surface area contributed by atoms with Crippen LogP contribution in [0.3, 0.4) is 0 Å². The Morgan fingerprint density at radius 3 is 2.49 bits per heavy atom. The van der Waals surface area contributed by atoms with Crippen molar-refractivity contribution in [3.05, 3.63) is 66.8 Å². The quantitative estimate of drug-likeness (QED) is 0.360. The molecule has 1 aromatic carbocycles. The fraction of sp³-hybridized carbons (Fsp3) is 0.292. The van der Waals surface area contributed by atoms with Crippen LogP contribution in [0, 0.1) is 5.95 Å². The summed E-state index contributed by atoms with van der Waals surface area (Å²) in [4.78, 5) is 15.5. The molecule has 4 aromatic heterocycles. The summed E-state index contributed by atoms with van der Waals surface area (Å²) in [7, 11) is 0. The van der Waals surface area contributed by atoms with Crippen molar-refractivity contribution in [2.24, 2.45) is 0 Å². The van der Waals surface area contributed by atoms with E-state index in [1.165, 1.54) is 6.33 Å². The van der Waals surface area contributed by atoms with Crippen LogP contribution < -0.4 is 4.90 Å². The van der Waals surface area contributed by atoms with Gasteiger partial charge in [0.1, 0.15) is 6.33 Å². The molecule has 0 saturated carbocycles. The number of pyridine rings is 1. The predicted molar refractivity (Wildman–Crippen MR) is 128 cm³/mol. The van der Waals surface area contributed by atoms with Crippen LogP contribution in [0.5, 0.6) is 0 Å². The molecule has 1 aliphatic heterocycles. The van der Waals surface area contributed by atoms with E-state index in [0.29, 0.717) is 11.2 Å². The SMILES string of the molecule is CCc1cnc(N2CCC(n3ncc4cc(-c5ccc(-n6cnnn6)cc5)c(F)nc43)CC2)nc1. The zero-order chi connectivity index (χ0) is 23.8. The second-order valence-electron chi connectivity index (χ2n) is 8.59. The Kier molecular flexibility index (Phi) is 5.36. The summed E-state index contributed by atoms with van der Waals surface area (Å²) in [5.74, 6) is 0.238. The minimum absolute atomic E-state index is 0.145. The number of halogens is 1. The highest BCUT2D eigenvalue weighted by Gasteiger charge is 2.25. The van der Waals surface area contributed by atoms with Crippen LogP contribution in [0.2, 0.25) is 0 Å². The standard InChI is InChI=1S/C24H23FN10/c1-2-16-12-26-24(27-13-16)33-9-7-20(8-10-33)35-23-18(14-29-35)11-21(22(25)30-23)17-3-5-19(6-4-17)34-15-28-31-32-34/h3-6,11-15,20H,2,7-10H2,1H3. The molecule has 1 saturated heterocycles. The van der Waals surface area contributed by atoms with E-state index in [1.807, 2.05) is 47.4 Å². The van der Waals surface area contributed by atoms with Crippen molar-refractivity contribution in [1.29, 1.82) is 0 Å². The van der Waals surface area contributed by atoms with E-state index in [1.54, 1.807) is 10.9 Å². The summed E-state index contributed by atoms with van der Waals surface area (Å²) in [6, 6.07) is 9.30. The molecular formula is C24H23FN10. The molecule has 176 valence electrons. The zero-order valence-corrected chi connectivity index (χ0v) is 19.2. The van der Waals surface area contributed by atoms with E-state index in [4.69, 9.17) is 0 Å². The van der Waals surface area contributed by atoms with Crippen LogP contribution in [0.25, 0.3) is 27.8 Å². The number of hydrogen-bond donors (Lipinski definition) is 0. The molecule has 35 heavy (non-hydrogen) atoms. The highest BCUT2D eigenvalue weighted by Crippen LogP contribution is 2.30. The van der Waals surface area contributed by atoms with Crippen LogP contribution >= 0.6 is 0 Å². The second-order valence-corrected chi connectivity index (χ2v) is 8.59. The molecular weight excluding hydrogens is 447 g/mol. The van der Waals surface area contributed by atoms with E-state index in [0.717, 1.165) is 60.5 Å². The number of aryl methyl sites for hydroxylation is 1. The third-order valence-electron chi connectivity index (χ3n) is 6.51. The first-order chi connectivity index (χ1) is 17.2. The first-order valence-corrected chi connectivity index (χ1v) is 11.6. The number of hydrogen-bond acceptors (Lipinski definition) is 8. The Morgan fingerprint density at radius 2 is 1.80 bits per heavy atom. The van der Waals surface area contributed by atoms with Gasteiger partial charge >= 0.3 is 0 Å². The summed E-state index contributed by atoms with van der Waals surface area (Å²) >= 11 is 0. The van der Waals surface area contributed by atoms with Gasteiger partial charge in [0.05, 0.1) is 17.9 Å². The van der Waals surface area contributed by atoms with E-state index < -0.39 is 5.95 Å². The van der Waals surface area contributed by atoms with Gasteiger partial charge in [0.2, 0.25) is 11.9 Å².